The van der Waals surface area contributed by atoms with Crippen LogP contribution in [0.3, 0.4) is 0 Å². The van der Waals surface area contributed by atoms with E-state index < -0.39 is 17.7 Å². The molecule has 2 aromatic carbocycles. The van der Waals surface area contributed by atoms with Crippen LogP contribution in [0, 0.1) is 0 Å². The molecule has 0 aliphatic rings. The van der Waals surface area contributed by atoms with E-state index in [0.717, 1.165) is 22.4 Å². The molecule has 33 heavy (non-hydrogen) atoms. The van der Waals surface area contributed by atoms with Gasteiger partial charge in [-0.25, -0.2) is 4.79 Å². The summed E-state index contributed by atoms with van der Waals surface area (Å²) in [6.45, 7) is 7.62. The van der Waals surface area contributed by atoms with Gasteiger partial charge < -0.3 is 25.4 Å². The summed E-state index contributed by atoms with van der Waals surface area (Å²) in [5.41, 5.74) is 2.14. The lowest BCUT2D eigenvalue weighted by atomic mass is 10.0. The van der Waals surface area contributed by atoms with Gasteiger partial charge in [0, 0.05) is 13.0 Å². The van der Waals surface area contributed by atoms with E-state index in [1.54, 1.807) is 27.9 Å². The number of rotatable bonds is 10. The van der Waals surface area contributed by atoms with E-state index >= 15 is 0 Å². The molecule has 8 heteroatoms. The van der Waals surface area contributed by atoms with Gasteiger partial charge >= 0.3 is 6.09 Å². The van der Waals surface area contributed by atoms with Gasteiger partial charge in [0.05, 0.1) is 13.2 Å². The van der Waals surface area contributed by atoms with Crippen molar-refractivity contribution >= 4 is 18.4 Å². The van der Waals surface area contributed by atoms with Crippen LogP contribution in [0.15, 0.2) is 48.5 Å². The molecule has 0 bridgehead atoms. The zero-order valence-electron chi connectivity index (χ0n) is 19.8. The zero-order chi connectivity index (χ0) is 24.4. The highest BCUT2D eigenvalue weighted by Crippen LogP contribution is 2.17. The fourth-order valence-corrected chi connectivity index (χ4v) is 3.12. The molecule has 2 aromatic rings. The van der Waals surface area contributed by atoms with E-state index in [0.29, 0.717) is 19.4 Å². The molecule has 0 spiro atoms. The molecule has 0 radical (unpaired) electrons. The minimum atomic E-state index is -0.714. The average molecular weight is 456 g/mol. The van der Waals surface area contributed by atoms with E-state index in [1.807, 2.05) is 55.5 Å². The van der Waals surface area contributed by atoms with Crippen LogP contribution in [-0.2, 0) is 27.3 Å². The summed E-state index contributed by atoms with van der Waals surface area (Å²) in [6, 6.07) is 13.9. The van der Waals surface area contributed by atoms with Crippen molar-refractivity contribution in [2.75, 3.05) is 7.11 Å². The van der Waals surface area contributed by atoms with Crippen LogP contribution in [0.4, 0.5) is 4.79 Å². The van der Waals surface area contributed by atoms with E-state index in [4.69, 9.17) is 9.47 Å². The number of hydrogen-bond donors (Lipinski definition) is 3. The molecule has 2 rings (SSSR count). The third kappa shape index (κ3) is 8.84. The highest BCUT2D eigenvalue weighted by molar-refractivity contribution is 5.84. The second-order valence-corrected chi connectivity index (χ2v) is 8.72. The first-order chi connectivity index (χ1) is 15.6. The molecule has 0 aliphatic carbocycles. The molecule has 1 unspecified atom stereocenters. The fourth-order valence-electron chi connectivity index (χ4n) is 3.12. The molecule has 0 saturated heterocycles. The van der Waals surface area contributed by atoms with Crippen LogP contribution in [0.2, 0.25) is 0 Å². The van der Waals surface area contributed by atoms with Gasteiger partial charge in [-0.1, -0.05) is 36.4 Å². The molecular weight excluding hydrogens is 422 g/mol. The molecule has 0 aliphatic heterocycles. The number of nitrogens with one attached hydrogen (secondary N) is 3. The van der Waals surface area contributed by atoms with E-state index in [2.05, 4.69) is 16.0 Å². The number of amides is 3. The van der Waals surface area contributed by atoms with Crippen molar-refractivity contribution in [3.8, 4) is 5.75 Å². The summed E-state index contributed by atoms with van der Waals surface area (Å²) in [4.78, 5) is 35.7. The number of hydrogen-bond acceptors (Lipinski definition) is 5. The number of alkyl carbamates (subject to hydrolysis) is 1. The number of methoxy groups -OCH3 is 1. The van der Waals surface area contributed by atoms with Gasteiger partial charge in [0.1, 0.15) is 17.4 Å². The highest BCUT2D eigenvalue weighted by Gasteiger charge is 2.21. The first kappa shape index (κ1) is 25.7. The van der Waals surface area contributed by atoms with Gasteiger partial charge in [0.15, 0.2) is 0 Å². The average Bonchev–Trinajstić information content (AvgIpc) is 2.77. The summed E-state index contributed by atoms with van der Waals surface area (Å²) in [7, 11) is 1.60. The van der Waals surface area contributed by atoms with Crippen LogP contribution in [0.5, 0.6) is 5.75 Å². The summed E-state index contributed by atoms with van der Waals surface area (Å²) < 4.78 is 10.4. The van der Waals surface area contributed by atoms with Crippen LogP contribution in [0.1, 0.15) is 50.4 Å². The molecule has 2 atom stereocenters. The Bertz CT molecular complexity index is 921. The monoisotopic (exact) mass is 455 g/mol. The molecule has 0 aromatic heterocycles. The van der Waals surface area contributed by atoms with E-state index in [-0.39, 0.29) is 11.9 Å². The summed E-state index contributed by atoms with van der Waals surface area (Å²) in [5.74, 6) is 0.462. The van der Waals surface area contributed by atoms with Gasteiger partial charge in [0.2, 0.25) is 12.3 Å². The van der Waals surface area contributed by atoms with Crippen molar-refractivity contribution in [3.63, 3.8) is 0 Å². The van der Waals surface area contributed by atoms with Gasteiger partial charge in [-0.3, -0.25) is 9.59 Å². The third-order valence-corrected chi connectivity index (χ3v) is 4.86. The molecule has 8 nitrogen and oxygen atoms in total. The molecule has 0 heterocycles. The quantitative estimate of drug-likeness (QED) is 0.477. The molecule has 178 valence electrons. The number of ether oxygens (including phenoxy) is 2. The second-order valence-electron chi connectivity index (χ2n) is 8.72. The largest absolute Gasteiger partial charge is 0.497 e. The Morgan fingerprint density at radius 3 is 2.15 bits per heavy atom. The third-order valence-electron chi connectivity index (χ3n) is 4.86. The van der Waals surface area contributed by atoms with Crippen molar-refractivity contribution in [3.05, 3.63) is 65.2 Å². The normalized spacial score (nSPS) is 12.8. The van der Waals surface area contributed by atoms with Crippen LogP contribution in [0.25, 0.3) is 0 Å². The number of carbonyl (C=O) groups is 3. The second kappa shape index (κ2) is 11.9. The minimum Gasteiger partial charge on any atom is -0.497 e. The van der Waals surface area contributed by atoms with Crippen LogP contribution >= 0.6 is 0 Å². The lowest BCUT2D eigenvalue weighted by Crippen LogP contribution is -2.45. The van der Waals surface area contributed by atoms with Crippen molar-refractivity contribution in [1.29, 1.82) is 0 Å². The number of benzene rings is 2. The Morgan fingerprint density at radius 1 is 1.00 bits per heavy atom. The Kier molecular flexibility index (Phi) is 9.27. The first-order valence-corrected chi connectivity index (χ1v) is 10.8. The molecule has 3 N–H and O–H groups in total. The zero-order valence-corrected chi connectivity index (χ0v) is 19.8. The molecule has 0 saturated carbocycles. The van der Waals surface area contributed by atoms with Crippen molar-refractivity contribution < 1.29 is 23.9 Å². The predicted molar refractivity (Wildman–Crippen MR) is 126 cm³/mol. The molecular formula is C25H33N3O5. The standard InChI is InChI=1S/C25H33N3O5/c1-17(20-10-12-21(32-5)13-11-20)28-23(30)22(27-16-29)14-18-6-8-19(9-7-18)15-26-24(31)33-25(2,3)4/h6-13,16-17,22H,14-15H2,1-5H3,(H,26,31)(H,27,29)(H,28,30)/t17?,22-/m0/s1. The van der Waals surface area contributed by atoms with Crippen molar-refractivity contribution in [2.45, 2.75) is 58.3 Å². The van der Waals surface area contributed by atoms with Gasteiger partial charge in [-0.2, -0.15) is 0 Å². The fraction of sp³-hybridized carbons (Fsp3) is 0.400. The Morgan fingerprint density at radius 2 is 1.61 bits per heavy atom. The van der Waals surface area contributed by atoms with Gasteiger partial charge in [-0.05, 0) is 56.5 Å². The Labute approximate surface area is 195 Å². The van der Waals surface area contributed by atoms with Crippen molar-refractivity contribution in [1.82, 2.24) is 16.0 Å². The minimum absolute atomic E-state index is 0.235. The summed E-state index contributed by atoms with van der Waals surface area (Å²) >= 11 is 0. The Hall–Kier alpha value is -3.55. The SMILES string of the molecule is COc1ccc(C(C)NC(=O)[C@H](Cc2ccc(CNC(=O)OC(C)(C)C)cc2)NC=O)cc1. The molecule has 0 fully saturated rings. The van der Waals surface area contributed by atoms with Crippen molar-refractivity contribution in [2.24, 2.45) is 0 Å². The molecule has 3 amide bonds. The summed E-state index contributed by atoms with van der Waals surface area (Å²) in [6.07, 6.45) is 0.380. The van der Waals surface area contributed by atoms with Gasteiger partial charge in [0.25, 0.3) is 0 Å². The van der Waals surface area contributed by atoms with Gasteiger partial charge in [-0.15, -0.1) is 0 Å². The Balaban J connectivity index is 1.94. The maximum atomic E-state index is 12.8. The lowest BCUT2D eigenvalue weighted by Gasteiger charge is -2.21. The lowest BCUT2D eigenvalue weighted by molar-refractivity contribution is -0.125. The summed E-state index contributed by atoms with van der Waals surface area (Å²) in [5, 5.41) is 8.24. The highest BCUT2D eigenvalue weighted by atomic mass is 16.6. The maximum absolute atomic E-state index is 12.8. The maximum Gasteiger partial charge on any atom is 0.407 e. The predicted octanol–water partition coefficient (Wildman–Crippen LogP) is 3.25. The van der Waals surface area contributed by atoms with E-state index in [9.17, 15) is 14.4 Å². The van der Waals surface area contributed by atoms with Crippen LogP contribution in [-0.4, -0.2) is 37.2 Å². The van der Waals surface area contributed by atoms with E-state index in [1.165, 1.54) is 0 Å². The smallest absolute Gasteiger partial charge is 0.407 e. The number of carbonyl (C=O) groups excluding carboxylic acids is 3. The first-order valence-electron chi connectivity index (χ1n) is 10.8. The topological polar surface area (TPSA) is 106 Å². The van der Waals surface area contributed by atoms with Crippen LogP contribution < -0.4 is 20.7 Å².